The van der Waals surface area contributed by atoms with Crippen molar-refractivity contribution in [1.29, 1.82) is 0 Å². The van der Waals surface area contributed by atoms with Crippen LogP contribution < -0.4 is 17.0 Å². The van der Waals surface area contributed by atoms with Crippen LogP contribution in [0.2, 0.25) is 0 Å². The van der Waals surface area contributed by atoms with Gasteiger partial charge in [-0.3, -0.25) is 0 Å². The van der Waals surface area contributed by atoms with Crippen LogP contribution in [0.15, 0.2) is 34.5 Å². The molecule has 0 aliphatic heterocycles. The van der Waals surface area contributed by atoms with Crippen LogP contribution in [-0.2, 0) is 6.18 Å². The summed E-state index contributed by atoms with van der Waals surface area (Å²) < 4.78 is 36.7. The predicted molar refractivity (Wildman–Crippen MR) is 65.2 cm³/mol. The molecular weight excluding hydrogens is 271 g/mol. The Kier molecular flexibility index (Phi) is 5.97. The van der Waals surface area contributed by atoms with Gasteiger partial charge in [0, 0.05) is 0 Å². The molecule has 1 aromatic rings. The van der Waals surface area contributed by atoms with Gasteiger partial charge < -0.3 is 11.6 Å². The number of hydrazone groups is 2. The van der Waals surface area contributed by atoms with Gasteiger partial charge in [-0.25, -0.2) is 5.43 Å². The Morgan fingerprint density at radius 3 is 2.22 bits per heavy atom. The van der Waals surface area contributed by atoms with Gasteiger partial charge in [-0.15, -0.1) is 17.5 Å². The maximum atomic E-state index is 12.2. The summed E-state index contributed by atoms with van der Waals surface area (Å²) in [5.74, 6) is 4.72. The van der Waals surface area contributed by atoms with E-state index in [2.05, 4.69) is 15.6 Å². The van der Waals surface area contributed by atoms with Crippen LogP contribution >= 0.6 is 12.4 Å². The van der Waals surface area contributed by atoms with E-state index in [4.69, 9.17) is 11.6 Å². The van der Waals surface area contributed by atoms with E-state index in [1.807, 2.05) is 0 Å². The van der Waals surface area contributed by atoms with Crippen molar-refractivity contribution >= 4 is 24.6 Å². The second kappa shape index (κ2) is 6.70. The first-order valence-corrected chi connectivity index (χ1v) is 4.43. The molecule has 0 aliphatic carbocycles. The molecule has 5 nitrogen and oxygen atoms in total. The largest absolute Gasteiger partial charge is 0.416 e. The number of hydrogen-bond donors (Lipinski definition) is 3. The molecule has 1 aromatic carbocycles. The van der Waals surface area contributed by atoms with Crippen LogP contribution in [0, 0.1) is 0 Å². The number of benzene rings is 1. The molecule has 1 rings (SSSR count). The Hall–Kier alpha value is -1.96. The summed E-state index contributed by atoms with van der Waals surface area (Å²) in [4.78, 5) is 0. The van der Waals surface area contributed by atoms with Crippen molar-refractivity contribution in [3.05, 3.63) is 35.4 Å². The van der Waals surface area contributed by atoms with Crippen molar-refractivity contribution in [3.63, 3.8) is 0 Å². The van der Waals surface area contributed by atoms with Gasteiger partial charge in [-0.2, -0.15) is 18.3 Å². The second-order valence-electron chi connectivity index (χ2n) is 3.00. The van der Waals surface area contributed by atoms with Gasteiger partial charge in [0.1, 0.15) is 0 Å². The third-order valence-electron chi connectivity index (χ3n) is 1.77. The van der Waals surface area contributed by atoms with Crippen molar-refractivity contribution in [2.45, 2.75) is 6.18 Å². The average Bonchev–Trinajstić information content (AvgIpc) is 2.28. The zero-order valence-corrected chi connectivity index (χ0v) is 9.79. The Bertz CT molecular complexity index is 427. The van der Waals surface area contributed by atoms with Gasteiger partial charge >= 0.3 is 6.18 Å². The molecule has 0 spiro atoms. The van der Waals surface area contributed by atoms with Crippen molar-refractivity contribution in [3.8, 4) is 0 Å². The van der Waals surface area contributed by atoms with Gasteiger partial charge in [0.2, 0.25) is 5.96 Å². The summed E-state index contributed by atoms with van der Waals surface area (Å²) in [5, 5.41) is 6.70. The fraction of sp³-hybridized carbons (Fsp3) is 0.111. The molecule has 0 saturated heterocycles. The summed E-state index contributed by atoms with van der Waals surface area (Å²) in [5.41, 5.74) is 7.21. The lowest BCUT2D eigenvalue weighted by molar-refractivity contribution is -0.137. The number of nitrogens with zero attached hydrogens (tertiary/aromatic N) is 2. The highest BCUT2D eigenvalue weighted by atomic mass is 35.5. The quantitative estimate of drug-likeness (QED) is 0.330. The van der Waals surface area contributed by atoms with Crippen LogP contribution in [0.3, 0.4) is 0 Å². The van der Waals surface area contributed by atoms with Crippen LogP contribution in [-0.4, -0.2) is 12.2 Å². The number of alkyl halides is 3. The van der Waals surface area contributed by atoms with Crippen molar-refractivity contribution in [2.75, 3.05) is 0 Å². The second-order valence-corrected chi connectivity index (χ2v) is 3.00. The molecular formula is C9H11ClF3N5. The maximum Gasteiger partial charge on any atom is 0.416 e. The molecule has 0 bridgehead atoms. The van der Waals surface area contributed by atoms with E-state index in [1.165, 1.54) is 18.3 Å². The zero-order valence-electron chi connectivity index (χ0n) is 8.98. The van der Waals surface area contributed by atoms with E-state index in [0.29, 0.717) is 5.56 Å². The lowest BCUT2D eigenvalue weighted by Crippen LogP contribution is -2.28. The van der Waals surface area contributed by atoms with Crippen LogP contribution in [0.5, 0.6) is 0 Å². The van der Waals surface area contributed by atoms with Gasteiger partial charge in [0.15, 0.2) is 0 Å². The molecule has 0 aromatic heterocycles. The summed E-state index contributed by atoms with van der Waals surface area (Å²) in [6.45, 7) is 0. The van der Waals surface area contributed by atoms with E-state index < -0.39 is 11.7 Å². The number of guanidine groups is 1. The summed E-state index contributed by atoms with van der Waals surface area (Å²) >= 11 is 0. The van der Waals surface area contributed by atoms with Gasteiger partial charge in [0.05, 0.1) is 11.8 Å². The van der Waals surface area contributed by atoms with Gasteiger partial charge in [0.25, 0.3) is 0 Å². The summed E-state index contributed by atoms with van der Waals surface area (Å²) in [7, 11) is 0. The fourth-order valence-corrected chi connectivity index (χ4v) is 0.960. The maximum absolute atomic E-state index is 12.2. The number of hydrogen-bond acceptors (Lipinski definition) is 3. The molecule has 0 saturated carbocycles. The molecule has 0 radical (unpaired) electrons. The highest BCUT2D eigenvalue weighted by molar-refractivity contribution is 5.85. The fourth-order valence-electron chi connectivity index (χ4n) is 0.960. The van der Waals surface area contributed by atoms with Crippen molar-refractivity contribution in [1.82, 2.24) is 5.43 Å². The number of nitrogens with two attached hydrogens (primary N) is 2. The third-order valence-corrected chi connectivity index (χ3v) is 1.77. The van der Waals surface area contributed by atoms with Crippen LogP contribution in [0.4, 0.5) is 13.2 Å². The van der Waals surface area contributed by atoms with E-state index in [-0.39, 0.29) is 18.4 Å². The minimum atomic E-state index is -4.34. The lowest BCUT2D eigenvalue weighted by atomic mass is 10.1. The van der Waals surface area contributed by atoms with E-state index in [0.717, 1.165) is 12.1 Å². The number of nitrogens with one attached hydrogen (secondary N) is 1. The van der Waals surface area contributed by atoms with Crippen molar-refractivity contribution in [2.24, 2.45) is 21.8 Å². The zero-order chi connectivity index (χ0) is 12.9. The number of halogens is 4. The van der Waals surface area contributed by atoms with Gasteiger partial charge in [-0.1, -0.05) is 12.1 Å². The third kappa shape index (κ3) is 4.91. The van der Waals surface area contributed by atoms with E-state index in [1.54, 1.807) is 0 Å². The Balaban J connectivity index is 0.00000289. The van der Waals surface area contributed by atoms with Crippen LogP contribution in [0.25, 0.3) is 0 Å². The summed E-state index contributed by atoms with van der Waals surface area (Å²) in [6.07, 6.45) is -3.05. The van der Waals surface area contributed by atoms with E-state index >= 15 is 0 Å². The first-order valence-electron chi connectivity index (χ1n) is 4.43. The number of rotatable bonds is 2. The Morgan fingerprint density at radius 1 is 1.22 bits per heavy atom. The molecule has 0 heterocycles. The standard InChI is InChI=1S/C9H10F3N5.ClH/c10-9(11,12)7-3-1-6(2-4-7)5-15-17-8(13)16-14;/h1-5H,14H2,(H3,13,16,17);1H. The molecule has 0 fully saturated rings. The molecule has 0 unspecified atom stereocenters. The SMILES string of the molecule is Cl.NN=C(N)NN=Cc1ccc(C(F)(F)F)cc1. The molecule has 5 N–H and O–H groups in total. The molecule has 0 atom stereocenters. The Labute approximate surface area is 107 Å². The predicted octanol–water partition coefficient (Wildman–Crippen LogP) is 1.24. The average molecular weight is 282 g/mol. The molecule has 9 heteroatoms. The lowest BCUT2D eigenvalue weighted by Gasteiger charge is -2.05. The highest BCUT2D eigenvalue weighted by Crippen LogP contribution is 2.28. The monoisotopic (exact) mass is 281 g/mol. The molecule has 0 aliphatic rings. The molecule has 0 amide bonds. The minimum Gasteiger partial charge on any atom is -0.367 e. The topological polar surface area (TPSA) is 88.8 Å². The Morgan fingerprint density at radius 2 is 1.78 bits per heavy atom. The van der Waals surface area contributed by atoms with E-state index in [9.17, 15) is 13.2 Å². The first kappa shape index (κ1) is 16.0. The smallest absolute Gasteiger partial charge is 0.367 e. The summed E-state index contributed by atoms with van der Waals surface area (Å²) in [6, 6.07) is 4.48. The van der Waals surface area contributed by atoms with Gasteiger partial charge in [-0.05, 0) is 17.7 Å². The normalized spacial score (nSPS) is 12.3. The molecule has 18 heavy (non-hydrogen) atoms. The van der Waals surface area contributed by atoms with Crippen LogP contribution in [0.1, 0.15) is 11.1 Å². The molecule has 100 valence electrons. The van der Waals surface area contributed by atoms with Crippen molar-refractivity contribution < 1.29 is 13.2 Å². The first-order chi connectivity index (χ1) is 7.93. The highest BCUT2D eigenvalue weighted by Gasteiger charge is 2.29. The minimum absolute atomic E-state index is 0.